The quantitative estimate of drug-likeness (QED) is 0.324. The first-order chi connectivity index (χ1) is 10.4. The molecular formula is C20H12B. The number of fused-ring (bicyclic) bond motifs is 7. The lowest BCUT2D eigenvalue weighted by molar-refractivity contribution is 1.77. The summed E-state index contributed by atoms with van der Waals surface area (Å²) in [6, 6.07) is 22.1. The Morgan fingerprint density at radius 2 is 1.29 bits per heavy atom. The third-order valence-corrected chi connectivity index (χ3v) is 4.54. The lowest BCUT2D eigenvalue weighted by Gasteiger charge is -2.10. The van der Waals surface area contributed by atoms with Gasteiger partial charge in [-0.05, 0) is 37.9 Å². The van der Waals surface area contributed by atoms with Gasteiger partial charge in [0.25, 0.3) is 0 Å². The van der Waals surface area contributed by atoms with Gasteiger partial charge in [-0.25, -0.2) is 0 Å². The summed E-state index contributed by atoms with van der Waals surface area (Å²) in [7, 11) is 2.21. The first kappa shape index (κ1) is 11.2. The lowest BCUT2D eigenvalue weighted by Crippen LogP contribution is -2.12. The molecule has 95 valence electrons. The fourth-order valence-electron chi connectivity index (χ4n) is 3.52. The maximum Gasteiger partial charge on any atom is 0.182 e. The molecule has 21 heavy (non-hydrogen) atoms. The van der Waals surface area contributed by atoms with Gasteiger partial charge in [0.2, 0.25) is 0 Å². The molecule has 0 N–H and O–H groups in total. The second-order valence-corrected chi connectivity index (χ2v) is 5.64. The normalized spacial score (nSPS) is 13.0. The van der Waals surface area contributed by atoms with E-state index < -0.39 is 0 Å². The molecule has 0 bridgehead atoms. The van der Waals surface area contributed by atoms with Crippen molar-refractivity contribution in [3.63, 3.8) is 0 Å². The van der Waals surface area contributed by atoms with Gasteiger partial charge in [0, 0.05) is 0 Å². The summed E-state index contributed by atoms with van der Waals surface area (Å²) < 4.78 is 0. The van der Waals surface area contributed by atoms with Crippen LogP contribution in [0, 0.1) is 0 Å². The molecule has 0 atom stereocenters. The van der Waals surface area contributed by atoms with E-state index in [0.29, 0.717) is 0 Å². The van der Waals surface area contributed by atoms with Crippen molar-refractivity contribution in [2.45, 2.75) is 0 Å². The molecule has 0 aromatic heterocycles. The number of hydrogen-bond donors (Lipinski definition) is 0. The van der Waals surface area contributed by atoms with Crippen molar-refractivity contribution in [1.82, 2.24) is 0 Å². The minimum absolute atomic E-state index is 1.30. The van der Waals surface area contributed by atoms with Gasteiger partial charge in [-0.3, -0.25) is 0 Å². The smallest absolute Gasteiger partial charge is 0.116 e. The van der Waals surface area contributed by atoms with E-state index in [1.165, 1.54) is 43.3 Å². The van der Waals surface area contributed by atoms with Gasteiger partial charge in [0.05, 0.1) is 0 Å². The number of rotatable bonds is 0. The van der Waals surface area contributed by atoms with Crippen LogP contribution in [0.4, 0.5) is 0 Å². The maximum absolute atomic E-state index is 2.27. The van der Waals surface area contributed by atoms with E-state index in [1.54, 1.807) is 0 Å². The molecule has 4 aromatic rings. The van der Waals surface area contributed by atoms with Gasteiger partial charge in [0.1, 0.15) is 0 Å². The highest BCUT2D eigenvalue weighted by molar-refractivity contribution is 6.66. The Bertz CT molecular complexity index is 1060. The van der Waals surface area contributed by atoms with Crippen LogP contribution < -0.4 is 5.46 Å². The molecule has 4 aromatic carbocycles. The van der Waals surface area contributed by atoms with Crippen molar-refractivity contribution in [3.05, 3.63) is 72.2 Å². The molecule has 0 saturated heterocycles. The summed E-state index contributed by atoms with van der Waals surface area (Å²) in [4.78, 5) is 0. The molecule has 1 aliphatic rings. The molecule has 1 heterocycles. The first-order valence-corrected chi connectivity index (χ1v) is 7.30. The summed E-state index contributed by atoms with van der Waals surface area (Å²) in [6.45, 7) is 0. The fourth-order valence-corrected chi connectivity index (χ4v) is 3.52. The van der Waals surface area contributed by atoms with Crippen LogP contribution in [0.5, 0.6) is 0 Å². The van der Waals surface area contributed by atoms with Crippen LogP contribution in [0.1, 0.15) is 5.56 Å². The topological polar surface area (TPSA) is 0 Å². The van der Waals surface area contributed by atoms with Crippen LogP contribution in [0.15, 0.2) is 66.6 Å². The van der Waals surface area contributed by atoms with E-state index in [4.69, 9.17) is 0 Å². The Balaban J connectivity index is 2.00. The van der Waals surface area contributed by atoms with Gasteiger partial charge >= 0.3 is 0 Å². The number of benzene rings is 4. The van der Waals surface area contributed by atoms with Crippen LogP contribution in [-0.4, -0.2) is 7.28 Å². The molecule has 0 spiro atoms. The van der Waals surface area contributed by atoms with Gasteiger partial charge in [-0.2, -0.15) is 0 Å². The molecule has 0 amide bonds. The van der Waals surface area contributed by atoms with Crippen LogP contribution in [0.25, 0.3) is 38.4 Å². The largest absolute Gasteiger partial charge is 0.182 e. The molecule has 5 rings (SSSR count). The standard InChI is InChI=1S/C20H12B/c1-2-4-15-13(3-1)5-7-17-16(15)9-10-19-18(17)8-6-14-11-12-21-20(14)19/h1-12H. The predicted molar refractivity (Wildman–Crippen MR) is 93.4 cm³/mol. The summed E-state index contributed by atoms with van der Waals surface area (Å²) in [5.41, 5.74) is 2.67. The zero-order valence-corrected chi connectivity index (χ0v) is 11.5. The van der Waals surface area contributed by atoms with Crippen molar-refractivity contribution in [2.24, 2.45) is 0 Å². The predicted octanol–water partition coefficient (Wildman–Crippen LogP) is 4.46. The SMILES string of the molecule is [B]1C=Cc2ccc3c(ccc4c5ccccc5ccc34)c21. The molecule has 0 unspecified atom stereocenters. The van der Waals surface area contributed by atoms with E-state index in [9.17, 15) is 0 Å². The van der Waals surface area contributed by atoms with Gasteiger partial charge in [0.15, 0.2) is 7.28 Å². The third-order valence-electron chi connectivity index (χ3n) is 4.54. The van der Waals surface area contributed by atoms with Crippen LogP contribution >= 0.6 is 0 Å². The first-order valence-electron chi connectivity index (χ1n) is 7.30. The fraction of sp³-hybridized carbons (Fsp3) is 0. The maximum atomic E-state index is 2.27. The Hall–Kier alpha value is -2.54. The summed E-state index contributed by atoms with van der Waals surface area (Å²) in [6.07, 6.45) is 2.18. The van der Waals surface area contributed by atoms with E-state index in [2.05, 4.69) is 80.0 Å². The zero-order chi connectivity index (χ0) is 13.8. The van der Waals surface area contributed by atoms with Crippen LogP contribution in [0.3, 0.4) is 0 Å². The zero-order valence-electron chi connectivity index (χ0n) is 11.5. The van der Waals surface area contributed by atoms with Gasteiger partial charge in [-0.15, -0.1) is 5.98 Å². The number of hydrogen-bond acceptors (Lipinski definition) is 0. The highest BCUT2D eigenvalue weighted by Gasteiger charge is 2.12. The van der Waals surface area contributed by atoms with E-state index >= 15 is 0 Å². The summed E-state index contributed by atoms with van der Waals surface area (Å²) >= 11 is 0. The average molecular weight is 263 g/mol. The van der Waals surface area contributed by atoms with Gasteiger partial charge < -0.3 is 0 Å². The van der Waals surface area contributed by atoms with Crippen molar-refractivity contribution in [2.75, 3.05) is 0 Å². The van der Waals surface area contributed by atoms with Crippen molar-refractivity contribution >= 4 is 51.1 Å². The van der Waals surface area contributed by atoms with Crippen molar-refractivity contribution in [1.29, 1.82) is 0 Å². The highest BCUT2D eigenvalue weighted by atomic mass is 14.1. The van der Waals surface area contributed by atoms with Crippen LogP contribution in [-0.2, 0) is 0 Å². The minimum atomic E-state index is 1.30. The monoisotopic (exact) mass is 263 g/mol. The van der Waals surface area contributed by atoms with Crippen molar-refractivity contribution in [3.8, 4) is 0 Å². The molecule has 0 aliphatic carbocycles. The molecule has 1 radical (unpaired) electrons. The molecule has 1 aliphatic heterocycles. The average Bonchev–Trinajstić information content (AvgIpc) is 3.03. The lowest BCUT2D eigenvalue weighted by atomic mass is 9.71. The Kier molecular flexibility index (Phi) is 2.12. The van der Waals surface area contributed by atoms with E-state index in [1.807, 2.05) is 0 Å². The Morgan fingerprint density at radius 1 is 0.571 bits per heavy atom. The van der Waals surface area contributed by atoms with E-state index in [-0.39, 0.29) is 0 Å². The second-order valence-electron chi connectivity index (χ2n) is 5.64. The third kappa shape index (κ3) is 1.46. The van der Waals surface area contributed by atoms with Crippen LogP contribution in [0.2, 0.25) is 0 Å². The van der Waals surface area contributed by atoms with Crippen molar-refractivity contribution < 1.29 is 0 Å². The van der Waals surface area contributed by atoms with Gasteiger partial charge in [-0.1, -0.05) is 72.2 Å². The molecular weight excluding hydrogens is 251 g/mol. The van der Waals surface area contributed by atoms with E-state index in [0.717, 1.165) is 0 Å². The highest BCUT2D eigenvalue weighted by Crippen LogP contribution is 2.31. The molecule has 0 saturated carbocycles. The summed E-state index contributed by atoms with van der Waals surface area (Å²) in [5, 5.41) is 8.01. The Morgan fingerprint density at radius 3 is 2.29 bits per heavy atom. The molecule has 0 fully saturated rings. The Labute approximate surface area is 123 Å². The minimum Gasteiger partial charge on any atom is -0.116 e. The second kappa shape index (κ2) is 3.99. The molecule has 0 nitrogen and oxygen atoms in total. The molecule has 1 heteroatoms. The summed E-state index contributed by atoms with van der Waals surface area (Å²) in [5.74, 6) is 2.13.